The van der Waals surface area contributed by atoms with Crippen molar-refractivity contribution >= 4 is 5.78 Å². The first-order chi connectivity index (χ1) is 28.0. The molecular weight excluding hydrogens is 751 g/mol. The van der Waals surface area contributed by atoms with Gasteiger partial charge in [0.05, 0.1) is 53.6 Å². The average Bonchev–Trinajstić information content (AvgIpc) is 3.50. The van der Waals surface area contributed by atoms with Gasteiger partial charge in [-0.2, -0.15) is 0 Å². The van der Waals surface area contributed by atoms with Crippen molar-refractivity contribution in [2.75, 3.05) is 13.2 Å². The summed E-state index contributed by atoms with van der Waals surface area (Å²) in [5.74, 6) is -1.56. The smallest absolute Gasteiger partial charge is 0.182 e. The molecule has 59 heavy (non-hydrogen) atoms. The van der Waals surface area contributed by atoms with Gasteiger partial charge >= 0.3 is 0 Å². The molecule has 0 aromatic rings. The highest BCUT2D eigenvalue weighted by molar-refractivity contribution is 6.00. The van der Waals surface area contributed by atoms with E-state index in [9.17, 15) is 35.7 Å². The minimum absolute atomic E-state index is 0.0143. The van der Waals surface area contributed by atoms with Gasteiger partial charge < -0.3 is 56.8 Å². The molecule has 0 aromatic carbocycles. The summed E-state index contributed by atoms with van der Waals surface area (Å²) in [6.07, 6.45) is 13.3. The van der Waals surface area contributed by atoms with Crippen LogP contribution in [0.2, 0.25) is 0 Å². The second-order valence-electron chi connectivity index (χ2n) is 20.7. The van der Waals surface area contributed by atoms with E-state index in [1.165, 1.54) is 12.8 Å². The van der Waals surface area contributed by atoms with Gasteiger partial charge in [-0.25, -0.2) is 0 Å². The molecular formula is C47H73N3O9. The summed E-state index contributed by atoms with van der Waals surface area (Å²) in [4.78, 5) is 15.3. The molecule has 8 rings (SSSR count). The quantitative estimate of drug-likeness (QED) is 0.136. The number of rotatable bonds is 11. The number of aliphatic hydroxyl groups is 7. The molecule has 330 valence electrons. The number of hydrogen-bond donors (Lipinski definition) is 10. The SMILES string of the molecule is CCC[C@H]1CC[C@H]2[C@H](C)[C@H]([C@@H](O)[C@](C)(O)[C@H]3CC[C@@]4(O)C5=C(NC[C@H](C)O)C(=O)[C@@H]6C[C@@H](O)[C@@H](O)C[C@@]67C[C@H](C6=CNC(N)C=C6)C=C[C@H](C[C@]34CCO)[C@@H]57)O[C@@H]2CC1. The predicted octanol–water partition coefficient (Wildman–Crippen LogP) is 3.08. The third-order valence-corrected chi connectivity index (χ3v) is 17.5. The van der Waals surface area contributed by atoms with Crippen LogP contribution in [0.25, 0.3) is 0 Å². The van der Waals surface area contributed by atoms with Gasteiger partial charge in [-0.05, 0) is 136 Å². The number of aliphatic hydroxyl groups excluding tert-OH is 5. The Hall–Kier alpha value is -2.13. The summed E-state index contributed by atoms with van der Waals surface area (Å²) < 4.78 is 6.76. The second-order valence-corrected chi connectivity index (χ2v) is 20.7. The van der Waals surface area contributed by atoms with Crippen LogP contribution in [-0.2, 0) is 9.53 Å². The highest BCUT2D eigenvalue weighted by Gasteiger charge is 2.75. The lowest BCUT2D eigenvalue weighted by molar-refractivity contribution is -0.211. The largest absolute Gasteiger partial charge is 0.396 e. The topological polar surface area (TPSA) is 218 Å². The first-order valence-electron chi connectivity index (χ1n) is 23.1. The molecule has 2 aliphatic heterocycles. The Balaban J connectivity index is 1.23. The standard InChI is InChI=1S/C47H73N3O9/c1-5-6-27-7-12-31-26(3)42(59-35(31)13-8-27)43(56)44(4,57)36-15-16-47(58)39-38-29(21-46(36,47)17-18-51)10-9-28(30-11-14-37(48)49-24-30)20-45(38)22-34(54)33(53)19-32(45)41(55)40(39)50-23-25(2)52/h9-11,14,24-29,31-38,42-43,49-54,56-58H,5-8,12-13,15-23,48H2,1-4H3/t25-,26-,27-,28+,29+,31-,32-,33+,34-,35+,36+,37?,38-,42+,43+,44+,45-,46+,47+/m0/s1. The molecule has 0 radical (unpaired) electrons. The van der Waals surface area contributed by atoms with Crippen LogP contribution in [-0.4, -0.2) is 109 Å². The van der Waals surface area contributed by atoms with E-state index < -0.39 is 70.3 Å². The first-order valence-corrected chi connectivity index (χ1v) is 23.1. The highest BCUT2D eigenvalue weighted by Crippen LogP contribution is 2.73. The Labute approximate surface area is 350 Å². The van der Waals surface area contributed by atoms with Gasteiger partial charge in [0.15, 0.2) is 5.78 Å². The Morgan fingerprint density at radius 2 is 1.83 bits per heavy atom. The van der Waals surface area contributed by atoms with Crippen LogP contribution in [0.3, 0.4) is 0 Å². The maximum Gasteiger partial charge on any atom is 0.182 e. The van der Waals surface area contributed by atoms with Gasteiger partial charge in [-0.3, -0.25) is 4.79 Å². The van der Waals surface area contributed by atoms with Crippen LogP contribution >= 0.6 is 0 Å². The van der Waals surface area contributed by atoms with Gasteiger partial charge in [0.25, 0.3) is 0 Å². The molecule has 5 fully saturated rings. The third kappa shape index (κ3) is 6.94. The van der Waals surface area contributed by atoms with Gasteiger partial charge in [0, 0.05) is 36.6 Å². The van der Waals surface area contributed by atoms with Crippen LogP contribution in [0.4, 0.5) is 0 Å². The first kappa shape index (κ1) is 43.5. The molecule has 12 nitrogen and oxygen atoms in total. The van der Waals surface area contributed by atoms with E-state index >= 15 is 4.79 Å². The van der Waals surface area contributed by atoms with Crippen molar-refractivity contribution in [1.82, 2.24) is 10.6 Å². The summed E-state index contributed by atoms with van der Waals surface area (Å²) in [6, 6.07) is 0. The number of Topliss-reactive ketones (excluding diaryl/α,β-unsaturated/α-hetero) is 1. The summed E-state index contributed by atoms with van der Waals surface area (Å²) in [7, 11) is 0. The van der Waals surface area contributed by atoms with Crippen LogP contribution in [0.1, 0.15) is 111 Å². The third-order valence-electron chi connectivity index (χ3n) is 17.5. The van der Waals surface area contributed by atoms with Crippen LogP contribution in [0.5, 0.6) is 0 Å². The number of nitrogens with one attached hydrogen (secondary N) is 2. The number of dihydropyridines is 1. The summed E-state index contributed by atoms with van der Waals surface area (Å²) in [5, 5.41) is 90.1. The van der Waals surface area contributed by atoms with E-state index in [0.717, 1.165) is 31.3 Å². The van der Waals surface area contributed by atoms with Crippen molar-refractivity contribution in [2.24, 2.45) is 63.9 Å². The zero-order valence-corrected chi connectivity index (χ0v) is 35.7. The molecule has 0 amide bonds. The lowest BCUT2D eigenvalue weighted by Gasteiger charge is -2.65. The molecule has 1 unspecified atom stereocenters. The summed E-state index contributed by atoms with van der Waals surface area (Å²) >= 11 is 0. The van der Waals surface area contributed by atoms with Crippen LogP contribution in [0, 0.1) is 58.2 Å². The minimum atomic E-state index is -1.74. The van der Waals surface area contributed by atoms with Crippen LogP contribution in [0.15, 0.2) is 47.3 Å². The Morgan fingerprint density at radius 3 is 2.53 bits per heavy atom. The number of nitrogens with two attached hydrogens (primary N) is 1. The van der Waals surface area contributed by atoms with E-state index in [4.69, 9.17) is 10.5 Å². The molecule has 19 atom stereocenters. The maximum absolute atomic E-state index is 15.3. The fraction of sp³-hybridized carbons (Fsp3) is 0.809. The Kier molecular flexibility index (Phi) is 12.0. The van der Waals surface area contributed by atoms with Crippen molar-refractivity contribution in [3.8, 4) is 0 Å². The molecule has 1 spiro atoms. The fourth-order valence-corrected chi connectivity index (χ4v) is 14.8. The number of carbonyl (C=O) groups excluding carboxylic acids is 1. The number of allylic oxidation sites excluding steroid dienone is 5. The second kappa shape index (κ2) is 16.2. The van der Waals surface area contributed by atoms with E-state index in [0.29, 0.717) is 30.8 Å². The van der Waals surface area contributed by atoms with Crippen LogP contribution < -0.4 is 16.4 Å². The van der Waals surface area contributed by atoms with E-state index in [1.54, 1.807) is 13.8 Å². The molecule has 12 heteroatoms. The highest BCUT2D eigenvalue weighted by atomic mass is 16.5. The molecule has 2 heterocycles. The summed E-state index contributed by atoms with van der Waals surface area (Å²) in [5.41, 5.74) is 2.39. The zero-order chi connectivity index (χ0) is 42.2. The lowest BCUT2D eigenvalue weighted by atomic mass is 9.40. The Morgan fingerprint density at radius 1 is 1.07 bits per heavy atom. The monoisotopic (exact) mass is 824 g/mol. The van der Waals surface area contributed by atoms with Crippen molar-refractivity contribution in [3.05, 3.63) is 47.3 Å². The van der Waals surface area contributed by atoms with Crippen molar-refractivity contribution in [2.45, 2.75) is 165 Å². The number of ketones is 1. The number of ether oxygens (including phenoxy) is 1. The van der Waals surface area contributed by atoms with Gasteiger partial charge in [0.1, 0.15) is 6.10 Å². The zero-order valence-electron chi connectivity index (χ0n) is 35.7. The molecule has 0 aromatic heterocycles. The van der Waals surface area contributed by atoms with Gasteiger partial charge in [-0.1, -0.05) is 51.3 Å². The average molecular weight is 824 g/mol. The normalized spacial score (nSPS) is 47.4. The number of carbonyl (C=O) groups is 1. The van der Waals surface area contributed by atoms with E-state index in [-0.39, 0.29) is 86.3 Å². The lowest BCUT2D eigenvalue weighted by Crippen LogP contribution is -2.68. The van der Waals surface area contributed by atoms with Crippen molar-refractivity contribution in [3.63, 3.8) is 0 Å². The predicted molar refractivity (Wildman–Crippen MR) is 223 cm³/mol. The Bertz CT molecular complexity index is 1710. The van der Waals surface area contributed by atoms with Crippen molar-refractivity contribution in [1.29, 1.82) is 0 Å². The number of hydrogen-bond acceptors (Lipinski definition) is 12. The molecule has 11 N–H and O–H groups in total. The molecule has 1 saturated heterocycles. The fourth-order valence-electron chi connectivity index (χ4n) is 14.8. The van der Waals surface area contributed by atoms with Crippen molar-refractivity contribution < 1.29 is 45.3 Å². The van der Waals surface area contributed by atoms with E-state index in [2.05, 4.69) is 36.6 Å². The molecule has 8 aliphatic rings. The maximum atomic E-state index is 15.3. The summed E-state index contributed by atoms with van der Waals surface area (Å²) in [6.45, 7) is 7.46. The number of fused-ring (bicyclic) bond motifs is 3. The molecule has 0 bridgehead atoms. The molecule has 4 saturated carbocycles. The van der Waals surface area contributed by atoms with Gasteiger partial charge in [0.2, 0.25) is 0 Å². The van der Waals surface area contributed by atoms with Gasteiger partial charge in [-0.15, -0.1) is 0 Å². The van der Waals surface area contributed by atoms with E-state index in [1.807, 2.05) is 18.4 Å². The minimum Gasteiger partial charge on any atom is -0.396 e. The molecule has 6 aliphatic carbocycles.